The predicted octanol–water partition coefficient (Wildman–Crippen LogP) is 1.51. The summed E-state index contributed by atoms with van der Waals surface area (Å²) in [5.74, 6) is -0.0704. The summed E-state index contributed by atoms with van der Waals surface area (Å²) >= 11 is 0.955. The number of carbonyl (C=O) groups is 4. The number of hydrogen-bond acceptors (Lipinski definition) is 5. The van der Waals surface area contributed by atoms with Gasteiger partial charge in [0.15, 0.2) is 0 Å². The van der Waals surface area contributed by atoms with Crippen molar-refractivity contribution in [2.24, 2.45) is 17.6 Å². The van der Waals surface area contributed by atoms with Gasteiger partial charge in [-0.3, -0.25) is 24.1 Å². The van der Waals surface area contributed by atoms with Gasteiger partial charge in [0.05, 0.1) is 0 Å². The van der Waals surface area contributed by atoms with E-state index in [2.05, 4.69) is 5.32 Å². The molecule has 3 N–H and O–H groups in total. The Kier molecular flexibility index (Phi) is 8.81. The van der Waals surface area contributed by atoms with Gasteiger partial charge in [0.1, 0.15) is 0 Å². The van der Waals surface area contributed by atoms with Crippen LogP contribution in [0.4, 0.5) is 4.79 Å². The van der Waals surface area contributed by atoms with Crippen molar-refractivity contribution in [1.29, 1.82) is 0 Å². The van der Waals surface area contributed by atoms with Gasteiger partial charge in [-0.25, -0.2) is 0 Å². The van der Waals surface area contributed by atoms with E-state index in [4.69, 9.17) is 5.73 Å². The molecule has 1 aliphatic rings. The van der Waals surface area contributed by atoms with Crippen molar-refractivity contribution in [3.63, 3.8) is 0 Å². The Labute approximate surface area is 147 Å². The number of carbonyl (C=O) groups excluding carboxylic acids is 4. The molecular weight excluding hydrogens is 330 g/mol. The van der Waals surface area contributed by atoms with E-state index in [0.29, 0.717) is 6.54 Å². The first kappa shape index (κ1) is 20.5. The number of thioether (sulfide) groups is 1. The first-order chi connectivity index (χ1) is 11.4. The molecule has 0 radical (unpaired) electrons. The summed E-state index contributed by atoms with van der Waals surface area (Å²) in [5, 5.41) is 2.35. The van der Waals surface area contributed by atoms with Crippen molar-refractivity contribution in [1.82, 2.24) is 10.2 Å². The van der Waals surface area contributed by atoms with Crippen LogP contribution >= 0.6 is 11.8 Å². The second-order valence-corrected chi connectivity index (χ2v) is 7.07. The van der Waals surface area contributed by atoms with Crippen molar-refractivity contribution >= 4 is 34.7 Å². The molecule has 0 bridgehead atoms. The van der Waals surface area contributed by atoms with E-state index >= 15 is 0 Å². The number of hydrogen-bond donors (Lipinski definition) is 2. The van der Waals surface area contributed by atoms with Gasteiger partial charge < -0.3 is 11.1 Å². The maximum atomic E-state index is 12.3. The van der Waals surface area contributed by atoms with Crippen molar-refractivity contribution in [3.8, 4) is 0 Å². The van der Waals surface area contributed by atoms with Crippen molar-refractivity contribution < 1.29 is 19.2 Å². The molecule has 24 heavy (non-hydrogen) atoms. The highest BCUT2D eigenvalue weighted by molar-refractivity contribution is 8.13. The van der Waals surface area contributed by atoms with E-state index in [-0.39, 0.29) is 47.5 Å². The van der Waals surface area contributed by atoms with E-state index in [9.17, 15) is 19.2 Å². The second kappa shape index (κ2) is 10.3. The number of nitrogens with zero attached hydrogens (tertiary/aromatic N) is 1. The fraction of sp³-hybridized carbons (Fsp3) is 0.750. The van der Waals surface area contributed by atoms with Crippen LogP contribution in [0, 0.1) is 11.8 Å². The molecule has 0 aromatic rings. The zero-order valence-corrected chi connectivity index (χ0v) is 15.2. The van der Waals surface area contributed by atoms with Crippen molar-refractivity contribution in [3.05, 3.63) is 0 Å². The average Bonchev–Trinajstić information content (AvgIpc) is 2.58. The Bertz CT molecular complexity index is 476. The summed E-state index contributed by atoms with van der Waals surface area (Å²) in [6.45, 7) is 2.11. The number of amides is 4. The van der Waals surface area contributed by atoms with Crippen LogP contribution in [0.25, 0.3) is 0 Å². The lowest BCUT2D eigenvalue weighted by molar-refractivity contribution is -0.129. The van der Waals surface area contributed by atoms with Crippen LogP contribution in [-0.2, 0) is 14.4 Å². The molecule has 1 saturated carbocycles. The molecule has 0 aliphatic heterocycles. The molecule has 0 saturated heterocycles. The Hall–Kier alpha value is -1.57. The minimum absolute atomic E-state index is 0.0298. The largest absolute Gasteiger partial charge is 0.370 e. The third-order valence-electron chi connectivity index (χ3n) is 4.30. The molecule has 136 valence electrons. The Morgan fingerprint density at radius 2 is 1.79 bits per heavy atom. The third kappa shape index (κ3) is 6.51. The first-order valence-electron chi connectivity index (χ1n) is 8.36. The third-order valence-corrected chi connectivity index (χ3v) is 5.18. The van der Waals surface area contributed by atoms with Crippen molar-refractivity contribution in [2.75, 3.05) is 19.3 Å². The molecule has 1 aliphatic carbocycles. The highest BCUT2D eigenvalue weighted by Crippen LogP contribution is 2.30. The lowest BCUT2D eigenvalue weighted by Gasteiger charge is -2.31. The van der Waals surface area contributed by atoms with Crippen molar-refractivity contribution in [2.45, 2.75) is 45.4 Å². The van der Waals surface area contributed by atoms with Gasteiger partial charge >= 0.3 is 0 Å². The zero-order chi connectivity index (χ0) is 18.1. The molecule has 0 heterocycles. The number of primary amides is 1. The minimum atomic E-state index is -0.462. The van der Waals surface area contributed by atoms with Crippen LogP contribution in [0.1, 0.15) is 45.4 Å². The quantitative estimate of drug-likeness (QED) is 0.717. The molecule has 0 unspecified atom stereocenters. The minimum Gasteiger partial charge on any atom is -0.370 e. The lowest BCUT2D eigenvalue weighted by Crippen LogP contribution is -2.40. The van der Waals surface area contributed by atoms with E-state index in [0.717, 1.165) is 37.4 Å². The number of imide groups is 1. The monoisotopic (exact) mass is 357 g/mol. The van der Waals surface area contributed by atoms with Crippen LogP contribution < -0.4 is 11.1 Å². The molecule has 0 atom stereocenters. The van der Waals surface area contributed by atoms with Gasteiger partial charge in [-0.05, 0) is 31.6 Å². The summed E-state index contributed by atoms with van der Waals surface area (Å²) in [6.07, 6.45) is 3.58. The highest BCUT2D eigenvalue weighted by atomic mass is 32.2. The van der Waals surface area contributed by atoms with E-state index in [1.807, 2.05) is 0 Å². The fourth-order valence-electron chi connectivity index (χ4n) is 2.86. The fourth-order valence-corrected chi connectivity index (χ4v) is 3.67. The molecule has 0 spiro atoms. The van der Waals surface area contributed by atoms with Gasteiger partial charge in [0.2, 0.25) is 17.7 Å². The van der Waals surface area contributed by atoms with Gasteiger partial charge in [-0.1, -0.05) is 18.7 Å². The normalized spacial score (nSPS) is 20.2. The Balaban J connectivity index is 2.54. The summed E-state index contributed by atoms with van der Waals surface area (Å²) in [7, 11) is 1.64. The smallest absolute Gasteiger partial charge is 0.288 e. The van der Waals surface area contributed by atoms with Crippen LogP contribution in [0.15, 0.2) is 0 Å². The molecule has 0 aromatic heterocycles. The Morgan fingerprint density at radius 1 is 1.17 bits per heavy atom. The topological polar surface area (TPSA) is 110 Å². The van der Waals surface area contributed by atoms with E-state index in [1.54, 1.807) is 14.0 Å². The summed E-state index contributed by atoms with van der Waals surface area (Å²) in [6, 6.07) is 0. The first-order valence-corrected chi connectivity index (χ1v) is 9.34. The van der Waals surface area contributed by atoms with Crippen LogP contribution in [-0.4, -0.2) is 47.2 Å². The molecule has 0 aromatic carbocycles. The average molecular weight is 357 g/mol. The zero-order valence-electron chi connectivity index (χ0n) is 14.4. The molecular formula is C16H27N3O4S. The van der Waals surface area contributed by atoms with Gasteiger partial charge in [0, 0.05) is 38.1 Å². The van der Waals surface area contributed by atoms with Crippen LogP contribution in [0.2, 0.25) is 0 Å². The summed E-state index contributed by atoms with van der Waals surface area (Å²) < 4.78 is 0. The van der Waals surface area contributed by atoms with Crippen LogP contribution in [0.3, 0.4) is 0 Å². The highest BCUT2D eigenvalue weighted by Gasteiger charge is 2.29. The van der Waals surface area contributed by atoms with E-state index < -0.39 is 5.91 Å². The molecule has 7 nitrogen and oxygen atoms in total. The predicted molar refractivity (Wildman–Crippen MR) is 93.2 cm³/mol. The lowest BCUT2D eigenvalue weighted by atomic mass is 9.81. The number of rotatable bonds is 7. The summed E-state index contributed by atoms with van der Waals surface area (Å²) in [4.78, 5) is 48.1. The van der Waals surface area contributed by atoms with E-state index in [1.165, 1.54) is 4.90 Å². The summed E-state index contributed by atoms with van der Waals surface area (Å²) in [5.41, 5.74) is 5.06. The SMILES string of the molecule is CCC(=O)N(CC1CCC(C(=O)NC)CC1)C(=O)SCCC(N)=O. The van der Waals surface area contributed by atoms with Gasteiger partial charge in [-0.2, -0.15) is 0 Å². The number of nitrogens with one attached hydrogen (secondary N) is 1. The molecule has 8 heteroatoms. The van der Waals surface area contributed by atoms with Crippen LogP contribution in [0.5, 0.6) is 0 Å². The maximum Gasteiger partial charge on any atom is 0.288 e. The van der Waals surface area contributed by atoms with Gasteiger partial charge in [0.25, 0.3) is 5.24 Å². The maximum absolute atomic E-state index is 12.3. The molecule has 4 amide bonds. The number of nitrogens with two attached hydrogens (primary N) is 1. The molecule has 1 fully saturated rings. The molecule has 1 rings (SSSR count). The Morgan fingerprint density at radius 3 is 2.29 bits per heavy atom. The van der Waals surface area contributed by atoms with Gasteiger partial charge in [-0.15, -0.1) is 0 Å². The second-order valence-electron chi connectivity index (χ2n) is 6.02. The standard InChI is InChI=1S/C16H27N3O4S/c1-3-14(21)19(16(23)24-9-8-13(17)20)10-11-4-6-12(7-5-11)15(22)18-2/h11-12H,3-10H2,1-2H3,(H2,17,20)(H,18,22).